The molecular weight excluding hydrogens is 606 g/mol. The predicted octanol–water partition coefficient (Wildman–Crippen LogP) is 5.44. The third kappa shape index (κ3) is 5.31. The van der Waals surface area contributed by atoms with Gasteiger partial charge in [-0.3, -0.25) is 14.9 Å². The van der Waals surface area contributed by atoms with E-state index < -0.39 is 17.8 Å². The Morgan fingerprint density at radius 3 is 2.36 bits per heavy atom. The summed E-state index contributed by atoms with van der Waals surface area (Å²) in [6, 6.07) is 17.0. The number of ether oxygens (including phenoxy) is 1. The molecule has 0 aliphatic carbocycles. The molecule has 9 heteroatoms. The molecule has 33 heavy (non-hydrogen) atoms. The first-order valence-electron chi connectivity index (χ1n) is 9.65. The molecule has 6 nitrogen and oxygen atoms in total. The monoisotopic (exact) mass is 620 g/mol. The summed E-state index contributed by atoms with van der Waals surface area (Å²) in [6.07, 6.45) is 1.43. The Morgan fingerprint density at radius 2 is 1.70 bits per heavy atom. The number of hydrogen-bond donors (Lipinski definition) is 1. The number of hydrogen-bond acceptors (Lipinski definition) is 4. The Morgan fingerprint density at radius 1 is 1.00 bits per heavy atom. The van der Waals surface area contributed by atoms with E-state index in [2.05, 4.69) is 43.8 Å². The molecular formula is C24H15BrFIN2O4. The number of rotatable bonds is 5. The summed E-state index contributed by atoms with van der Waals surface area (Å²) in [5, 5.41) is 2.21. The van der Waals surface area contributed by atoms with E-state index in [0.717, 1.165) is 18.5 Å². The van der Waals surface area contributed by atoms with Gasteiger partial charge in [0.2, 0.25) is 0 Å². The van der Waals surface area contributed by atoms with Gasteiger partial charge in [-0.25, -0.2) is 14.1 Å². The molecule has 4 amide bonds. The van der Waals surface area contributed by atoms with Crippen LogP contribution in [0.3, 0.4) is 0 Å². The molecule has 3 aromatic carbocycles. The topological polar surface area (TPSA) is 75.7 Å². The fourth-order valence-corrected chi connectivity index (χ4v) is 4.07. The number of barbiturate groups is 1. The summed E-state index contributed by atoms with van der Waals surface area (Å²) >= 11 is 5.40. The van der Waals surface area contributed by atoms with E-state index in [1.807, 2.05) is 0 Å². The van der Waals surface area contributed by atoms with E-state index in [0.29, 0.717) is 17.0 Å². The molecule has 0 unspecified atom stereocenters. The molecule has 1 saturated heterocycles. The van der Waals surface area contributed by atoms with Crippen molar-refractivity contribution in [3.05, 3.63) is 97.3 Å². The van der Waals surface area contributed by atoms with Gasteiger partial charge in [0, 0.05) is 4.47 Å². The molecule has 1 N–H and O–H groups in total. The van der Waals surface area contributed by atoms with E-state index in [4.69, 9.17) is 4.74 Å². The van der Waals surface area contributed by atoms with Crippen LogP contribution in [0, 0.1) is 9.39 Å². The van der Waals surface area contributed by atoms with Crippen LogP contribution in [0.1, 0.15) is 11.1 Å². The van der Waals surface area contributed by atoms with Crippen molar-refractivity contribution < 1.29 is 23.5 Å². The number of amides is 4. The lowest BCUT2D eigenvalue weighted by Crippen LogP contribution is -2.54. The van der Waals surface area contributed by atoms with Crippen molar-refractivity contribution >= 4 is 68.1 Å². The number of benzene rings is 3. The van der Waals surface area contributed by atoms with E-state index in [-0.39, 0.29) is 18.0 Å². The average Bonchev–Trinajstić information content (AvgIpc) is 2.78. The number of anilines is 1. The van der Waals surface area contributed by atoms with Crippen molar-refractivity contribution in [1.82, 2.24) is 5.32 Å². The lowest BCUT2D eigenvalue weighted by Gasteiger charge is -2.26. The molecule has 166 valence electrons. The second kappa shape index (κ2) is 9.84. The van der Waals surface area contributed by atoms with Crippen molar-refractivity contribution in [2.24, 2.45) is 0 Å². The summed E-state index contributed by atoms with van der Waals surface area (Å²) in [7, 11) is 0. The van der Waals surface area contributed by atoms with Gasteiger partial charge in [-0.15, -0.1) is 0 Å². The third-order valence-electron chi connectivity index (χ3n) is 4.76. The van der Waals surface area contributed by atoms with Crippen LogP contribution in [0.5, 0.6) is 5.75 Å². The maximum Gasteiger partial charge on any atom is 0.335 e. The Hall–Kier alpha value is -3.05. The second-order valence-electron chi connectivity index (χ2n) is 7.04. The van der Waals surface area contributed by atoms with Crippen LogP contribution in [-0.4, -0.2) is 17.8 Å². The van der Waals surface area contributed by atoms with E-state index in [1.165, 1.54) is 18.2 Å². The highest BCUT2D eigenvalue weighted by Crippen LogP contribution is 2.27. The lowest BCUT2D eigenvalue weighted by atomic mass is 10.1. The van der Waals surface area contributed by atoms with Gasteiger partial charge in [-0.2, -0.15) is 0 Å². The first-order valence-corrected chi connectivity index (χ1v) is 11.5. The molecule has 1 heterocycles. The van der Waals surface area contributed by atoms with Gasteiger partial charge in [0.15, 0.2) is 0 Å². The van der Waals surface area contributed by atoms with Gasteiger partial charge in [-0.05, 0) is 88.3 Å². The highest BCUT2D eigenvalue weighted by molar-refractivity contribution is 14.1. The highest BCUT2D eigenvalue weighted by Gasteiger charge is 2.36. The smallest absolute Gasteiger partial charge is 0.335 e. The standard InChI is InChI=1S/C24H15BrFIN2O4/c25-16-4-8-18(9-5-16)29-23(31)19(22(30)28-24(29)32)11-15-3-10-21(20(27)12-15)33-13-14-1-6-17(26)7-2-14/h1-12H,13H2,(H,28,30,32)/b19-11+. The van der Waals surface area contributed by atoms with Crippen molar-refractivity contribution in [1.29, 1.82) is 0 Å². The Balaban J connectivity index is 1.55. The van der Waals surface area contributed by atoms with Crippen LogP contribution in [0.15, 0.2) is 76.8 Å². The zero-order valence-electron chi connectivity index (χ0n) is 16.8. The number of imide groups is 2. The highest BCUT2D eigenvalue weighted by atomic mass is 127. The van der Waals surface area contributed by atoms with Crippen molar-refractivity contribution in [3.63, 3.8) is 0 Å². The Kier molecular flexibility index (Phi) is 6.89. The third-order valence-corrected chi connectivity index (χ3v) is 6.13. The number of halogens is 3. The van der Waals surface area contributed by atoms with Gasteiger partial charge in [0.05, 0.1) is 9.26 Å². The number of nitrogens with zero attached hydrogens (tertiary/aromatic N) is 1. The molecule has 0 spiro atoms. The molecule has 0 saturated carbocycles. The average molecular weight is 621 g/mol. The lowest BCUT2D eigenvalue weighted by molar-refractivity contribution is -0.122. The van der Waals surface area contributed by atoms with Crippen molar-refractivity contribution in [3.8, 4) is 5.75 Å². The molecule has 1 aliphatic heterocycles. The van der Waals surface area contributed by atoms with Crippen molar-refractivity contribution in [2.75, 3.05) is 4.90 Å². The first kappa shape index (κ1) is 23.1. The number of urea groups is 1. The van der Waals surface area contributed by atoms with Gasteiger partial charge in [-0.1, -0.05) is 34.1 Å². The maximum atomic E-state index is 13.0. The minimum Gasteiger partial charge on any atom is -0.488 e. The van der Waals surface area contributed by atoms with E-state index in [9.17, 15) is 18.8 Å². The fraction of sp³-hybridized carbons (Fsp3) is 0.0417. The quantitative estimate of drug-likeness (QED) is 0.234. The maximum absolute atomic E-state index is 13.0. The molecule has 0 atom stereocenters. The van der Waals surface area contributed by atoms with Gasteiger partial charge >= 0.3 is 6.03 Å². The number of carbonyl (C=O) groups excluding carboxylic acids is 3. The zero-order chi connectivity index (χ0) is 23.5. The van der Waals surface area contributed by atoms with Crippen LogP contribution < -0.4 is 15.0 Å². The van der Waals surface area contributed by atoms with Crippen LogP contribution >= 0.6 is 38.5 Å². The van der Waals surface area contributed by atoms with E-state index >= 15 is 0 Å². The second-order valence-corrected chi connectivity index (χ2v) is 9.12. The van der Waals surface area contributed by atoms with Crippen LogP contribution in [0.4, 0.5) is 14.9 Å². The van der Waals surface area contributed by atoms with E-state index in [1.54, 1.807) is 54.6 Å². The number of nitrogens with one attached hydrogen (secondary N) is 1. The van der Waals surface area contributed by atoms with Crippen LogP contribution in [0.2, 0.25) is 0 Å². The molecule has 1 fully saturated rings. The number of carbonyl (C=O) groups is 3. The molecule has 1 aliphatic rings. The van der Waals surface area contributed by atoms with Crippen LogP contribution in [-0.2, 0) is 16.2 Å². The minimum atomic E-state index is -0.802. The van der Waals surface area contributed by atoms with Crippen LogP contribution in [0.25, 0.3) is 6.08 Å². The van der Waals surface area contributed by atoms with Gasteiger partial charge < -0.3 is 4.74 Å². The summed E-state index contributed by atoms with van der Waals surface area (Å²) in [5.41, 5.74) is 1.60. The van der Waals surface area contributed by atoms with Gasteiger partial charge in [0.25, 0.3) is 11.8 Å². The molecule has 0 bridgehead atoms. The summed E-state index contributed by atoms with van der Waals surface area (Å²) in [5.74, 6) is -1.18. The predicted molar refractivity (Wildman–Crippen MR) is 133 cm³/mol. The summed E-state index contributed by atoms with van der Waals surface area (Å²) in [6.45, 7) is 0.266. The fourth-order valence-electron chi connectivity index (χ4n) is 3.11. The molecule has 0 radical (unpaired) electrons. The summed E-state index contributed by atoms with van der Waals surface area (Å²) in [4.78, 5) is 38.6. The minimum absolute atomic E-state index is 0.159. The van der Waals surface area contributed by atoms with Gasteiger partial charge in [0.1, 0.15) is 23.7 Å². The molecule has 3 aromatic rings. The van der Waals surface area contributed by atoms with Crippen molar-refractivity contribution in [2.45, 2.75) is 6.61 Å². The summed E-state index contributed by atoms with van der Waals surface area (Å²) < 4.78 is 20.4. The largest absolute Gasteiger partial charge is 0.488 e. The molecule has 0 aromatic heterocycles. The molecule has 4 rings (SSSR count). The normalized spacial score (nSPS) is 15.1. The Bertz CT molecular complexity index is 1280. The first-order chi connectivity index (χ1) is 15.8. The Labute approximate surface area is 210 Å². The SMILES string of the molecule is O=C1NC(=O)N(c2ccc(Br)cc2)C(=O)/C1=C/c1ccc(OCc2ccc(F)cc2)c(I)c1. The zero-order valence-corrected chi connectivity index (χ0v) is 20.6.